The molecule has 1 aromatic heterocycles. The molecule has 0 aliphatic heterocycles. The van der Waals surface area contributed by atoms with Gasteiger partial charge in [0.1, 0.15) is 0 Å². The minimum atomic E-state index is 0.184. The summed E-state index contributed by atoms with van der Waals surface area (Å²) < 4.78 is 5.27. The average molecular weight is 136 g/mol. The number of nitrogens with zero attached hydrogens (tertiary/aromatic N) is 1. The van der Waals surface area contributed by atoms with Crippen LogP contribution in [0.15, 0.2) is 18.2 Å². The van der Waals surface area contributed by atoms with Gasteiger partial charge >= 0.3 is 0 Å². The molecule has 1 heterocycles. The van der Waals surface area contributed by atoms with Crippen LogP contribution in [0.25, 0.3) is 0 Å². The average Bonchev–Trinajstić information content (AvgIpc) is 1.88. The van der Waals surface area contributed by atoms with Crippen molar-refractivity contribution in [1.29, 1.82) is 0 Å². The molecule has 0 N–H and O–H groups in total. The third-order valence-electron chi connectivity index (χ3n) is 0.941. The molecule has 0 aliphatic rings. The van der Waals surface area contributed by atoms with Crippen molar-refractivity contribution in [3.8, 4) is 5.88 Å². The van der Waals surface area contributed by atoms with E-state index in [0.29, 0.717) is 5.88 Å². The van der Waals surface area contributed by atoms with Crippen molar-refractivity contribution in [2.45, 2.75) is 20.0 Å². The van der Waals surface area contributed by atoms with E-state index < -0.39 is 0 Å². The number of hydrogen-bond donors (Lipinski definition) is 0. The number of rotatable bonds is 2. The molecule has 0 spiro atoms. The monoisotopic (exact) mass is 136 g/mol. The van der Waals surface area contributed by atoms with Crippen LogP contribution in [0.3, 0.4) is 0 Å². The minimum absolute atomic E-state index is 0.184. The number of hydrogen-bond acceptors (Lipinski definition) is 2. The third kappa shape index (κ3) is 2.05. The van der Waals surface area contributed by atoms with Crippen molar-refractivity contribution in [3.05, 3.63) is 24.4 Å². The first-order valence-corrected chi connectivity index (χ1v) is 3.29. The highest BCUT2D eigenvalue weighted by Crippen LogP contribution is 2.04. The third-order valence-corrected chi connectivity index (χ3v) is 0.941. The van der Waals surface area contributed by atoms with Gasteiger partial charge in [0, 0.05) is 6.07 Å². The van der Waals surface area contributed by atoms with E-state index in [1.165, 1.54) is 0 Å². The molecular formula is C8H10NO. The quantitative estimate of drug-likeness (QED) is 0.617. The van der Waals surface area contributed by atoms with E-state index in [-0.39, 0.29) is 6.10 Å². The molecule has 0 fully saturated rings. The first-order valence-electron chi connectivity index (χ1n) is 3.29. The molecule has 0 aliphatic carbocycles. The minimum Gasteiger partial charge on any atom is -0.475 e. The number of aromatic nitrogens is 1. The van der Waals surface area contributed by atoms with Gasteiger partial charge in [-0.3, -0.25) is 0 Å². The Morgan fingerprint density at radius 2 is 2.40 bits per heavy atom. The van der Waals surface area contributed by atoms with Crippen LogP contribution in [0, 0.1) is 6.20 Å². The second-order valence-electron chi connectivity index (χ2n) is 2.27. The van der Waals surface area contributed by atoms with Gasteiger partial charge in [0.2, 0.25) is 5.88 Å². The number of ether oxygens (including phenoxy) is 1. The topological polar surface area (TPSA) is 22.1 Å². The molecule has 2 heteroatoms. The Labute approximate surface area is 60.9 Å². The van der Waals surface area contributed by atoms with Gasteiger partial charge in [0.15, 0.2) is 0 Å². The zero-order chi connectivity index (χ0) is 7.40. The SMILES string of the molecule is CC(C)Oc1ccc[c]n1. The summed E-state index contributed by atoms with van der Waals surface area (Å²) in [5, 5.41) is 0. The lowest BCUT2D eigenvalue weighted by Gasteiger charge is -2.06. The Hall–Kier alpha value is -1.05. The van der Waals surface area contributed by atoms with E-state index in [1.807, 2.05) is 26.0 Å². The highest BCUT2D eigenvalue weighted by molar-refractivity contribution is 5.08. The zero-order valence-electron chi connectivity index (χ0n) is 6.16. The zero-order valence-corrected chi connectivity index (χ0v) is 6.16. The molecule has 0 atom stereocenters. The Morgan fingerprint density at radius 1 is 1.60 bits per heavy atom. The van der Waals surface area contributed by atoms with Gasteiger partial charge in [-0.1, -0.05) is 6.07 Å². The normalized spacial score (nSPS) is 9.90. The first-order chi connectivity index (χ1) is 4.79. The summed E-state index contributed by atoms with van der Waals surface area (Å²) in [5.74, 6) is 0.637. The maximum Gasteiger partial charge on any atom is 0.214 e. The summed E-state index contributed by atoms with van der Waals surface area (Å²) in [6.45, 7) is 3.93. The smallest absolute Gasteiger partial charge is 0.214 e. The van der Waals surface area contributed by atoms with Crippen LogP contribution in [0.1, 0.15) is 13.8 Å². The van der Waals surface area contributed by atoms with Crippen molar-refractivity contribution in [3.63, 3.8) is 0 Å². The van der Waals surface area contributed by atoms with E-state index in [4.69, 9.17) is 4.74 Å². The van der Waals surface area contributed by atoms with Crippen molar-refractivity contribution in [2.75, 3.05) is 0 Å². The van der Waals surface area contributed by atoms with Crippen LogP contribution >= 0.6 is 0 Å². The number of pyridine rings is 1. The van der Waals surface area contributed by atoms with E-state index >= 15 is 0 Å². The van der Waals surface area contributed by atoms with E-state index in [1.54, 1.807) is 6.07 Å². The van der Waals surface area contributed by atoms with Gasteiger partial charge < -0.3 is 4.74 Å². The summed E-state index contributed by atoms with van der Waals surface area (Å²) >= 11 is 0. The molecule has 53 valence electrons. The molecule has 0 unspecified atom stereocenters. The van der Waals surface area contributed by atoms with Crippen LogP contribution in [-0.2, 0) is 0 Å². The fourth-order valence-electron chi connectivity index (χ4n) is 0.619. The lowest BCUT2D eigenvalue weighted by atomic mass is 10.4. The first kappa shape index (κ1) is 7.06. The van der Waals surface area contributed by atoms with Crippen molar-refractivity contribution >= 4 is 0 Å². The van der Waals surface area contributed by atoms with Gasteiger partial charge in [-0.2, -0.15) is 0 Å². The highest BCUT2D eigenvalue weighted by atomic mass is 16.5. The highest BCUT2D eigenvalue weighted by Gasteiger charge is 1.94. The van der Waals surface area contributed by atoms with E-state index in [0.717, 1.165) is 0 Å². The second-order valence-corrected chi connectivity index (χ2v) is 2.27. The van der Waals surface area contributed by atoms with Gasteiger partial charge in [-0.15, -0.1) is 0 Å². The molecule has 1 rings (SSSR count). The Bertz CT molecular complexity index is 184. The lowest BCUT2D eigenvalue weighted by Crippen LogP contribution is -2.06. The summed E-state index contributed by atoms with van der Waals surface area (Å²) in [5.41, 5.74) is 0. The molecule has 0 amide bonds. The van der Waals surface area contributed by atoms with Crippen LogP contribution in [-0.4, -0.2) is 11.1 Å². The van der Waals surface area contributed by atoms with E-state index in [2.05, 4.69) is 11.2 Å². The standard InChI is InChI=1S/C8H10NO/c1-7(2)10-8-5-3-4-6-9-8/h3-5,7H,1-2H3. The largest absolute Gasteiger partial charge is 0.475 e. The van der Waals surface area contributed by atoms with Gasteiger partial charge in [-0.25, -0.2) is 4.98 Å². The maximum absolute atomic E-state index is 5.27. The molecular weight excluding hydrogens is 126 g/mol. The fraction of sp³-hybridized carbons (Fsp3) is 0.375. The van der Waals surface area contributed by atoms with Crippen LogP contribution in [0.5, 0.6) is 5.88 Å². The Kier molecular flexibility index (Phi) is 2.26. The molecule has 0 saturated carbocycles. The summed E-state index contributed by atoms with van der Waals surface area (Å²) in [6.07, 6.45) is 2.87. The predicted molar refractivity (Wildman–Crippen MR) is 38.8 cm³/mol. The molecule has 0 saturated heterocycles. The van der Waals surface area contributed by atoms with Gasteiger partial charge in [0.05, 0.1) is 12.3 Å². The Balaban J connectivity index is 2.59. The van der Waals surface area contributed by atoms with Crippen molar-refractivity contribution < 1.29 is 4.74 Å². The molecule has 10 heavy (non-hydrogen) atoms. The summed E-state index contributed by atoms with van der Waals surface area (Å²) in [6, 6.07) is 5.41. The predicted octanol–water partition coefficient (Wildman–Crippen LogP) is 1.67. The van der Waals surface area contributed by atoms with Crippen molar-refractivity contribution in [2.24, 2.45) is 0 Å². The second kappa shape index (κ2) is 3.20. The van der Waals surface area contributed by atoms with Crippen LogP contribution in [0.4, 0.5) is 0 Å². The van der Waals surface area contributed by atoms with Gasteiger partial charge in [0.25, 0.3) is 0 Å². The van der Waals surface area contributed by atoms with Crippen LogP contribution in [0.2, 0.25) is 0 Å². The molecule has 1 aromatic rings. The Morgan fingerprint density at radius 3 is 2.90 bits per heavy atom. The summed E-state index contributed by atoms with van der Waals surface area (Å²) in [4.78, 5) is 3.87. The van der Waals surface area contributed by atoms with Gasteiger partial charge in [-0.05, 0) is 19.9 Å². The fourth-order valence-corrected chi connectivity index (χ4v) is 0.619. The summed E-state index contributed by atoms with van der Waals surface area (Å²) in [7, 11) is 0. The maximum atomic E-state index is 5.27. The van der Waals surface area contributed by atoms with Crippen molar-refractivity contribution in [1.82, 2.24) is 4.98 Å². The lowest BCUT2D eigenvalue weighted by molar-refractivity contribution is 0.232. The molecule has 0 aromatic carbocycles. The molecule has 0 bridgehead atoms. The molecule has 1 radical (unpaired) electrons. The molecule has 2 nitrogen and oxygen atoms in total. The van der Waals surface area contributed by atoms with Crippen LogP contribution < -0.4 is 4.74 Å². The van der Waals surface area contributed by atoms with E-state index in [9.17, 15) is 0 Å².